The third kappa shape index (κ3) is 2.00. The van der Waals surface area contributed by atoms with Gasteiger partial charge in [0.1, 0.15) is 5.69 Å². The van der Waals surface area contributed by atoms with E-state index in [1.807, 2.05) is 0 Å². The molecule has 2 N–H and O–H groups in total. The Kier molecular flexibility index (Phi) is 3.06. The molecule has 0 bridgehead atoms. The molecule has 1 aromatic heterocycles. The maximum Gasteiger partial charge on any atom is 0.274 e. The molecule has 0 radical (unpaired) electrons. The van der Waals surface area contributed by atoms with Crippen LogP contribution in [0.25, 0.3) is 0 Å². The van der Waals surface area contributed by atoms with Crippen LogP contribution >= 0.6 is 0 Å². The number of anilines is 1. The Balaban J connectivity index is 2.20. The summed E-state index contributed by atoms with van der Waals surface area (Å²) in [5, 5.41) is 4.16. The summed E-state index contributed by atoms with van der Waals surface area (Å²) in [5.41, 5.74) is 7.51. The fraction of sp³-hybridized carbons (Fsp3) is 0.636. The maximum atomic E-state index is 12.3. The third-order valence-electron chi connectivity index (χ3n) is 3.24. The first kappa shape index (κ1) is 11.9. The predicted octanol–water partition coefficient (Wildman–Crippen LogP) is 0.172. The highest BCUT2D eigenvalue weighted by Crippen LogP contribution is 2.20. The minimum Gasteiger partial charge on any atom is -0.395 e. The number of nitrogens with two attached hydrogens (primary N) is 1. The van der Waals surface area contributed by atoms with E-state index < -0.39 is 0 Å². The molecule has 1 amide bonds. The highest BCUT2D eigenvalue weighted by Gasteiger charge is 2.30. The topological polar surface area (TPSA) is 73.4 Å². The van der Waals surface area contributed by atoms with Gasteiger partial charge in [-0.25, -0.2) is 0 Å². The number of nitrogens with zero attached hydrogens (tertiary/aromatic N) is 3. The number of aromatic nitrogens is 2. The van der Waals surface area contributed by atoms with Crippen molar-refractivity contribution in [3.8, 4) is 0 Å². The van der Waals surface area contributed by atoms with Crippen molar-refractivity contribution in [2.24, 2.45) is 7.05 Å². The van der Waals surface area contributed by atoms with Crippen molar-refractivity contribution in [1.29, 1.82) is 0 Å². The van der Waals surface area contributed by atoms with Crippen LogP contribution in [0.3, 0.4) is 0 Å². The van der Waals surface area contributed by atoms with Crippen molar-refractivity contribution in [1.82, 2.24) is 14.7 Å². The maximum absolute atomic E-state index is 12.3. The van der Waals surface area contributed by atoms with Gasteiger partial charge in [0.15, 0.2) is 0 Å². The summed E-state index contributed by atoms with van der Waals surface area (Å²) in [7, 11) is 3.40. The molecule has 1 aliphatic heterocycles. The molecule has 2 rings (SSSR count). The average molecular weight is 238 g/mol. The SMILES string of the molecule is COC1CCN(C(=O)c2c(N)c(C)nn2C)C1. The van der Waals surface area contributed by atoms with Crippen LogP contribution in [0.1, 0.15) is 22.6 Å². The molecule has 2 heterocycles. The van der Waals surface area contributed by atoms with Crippen LogP contribution < -0.4 is 5.73 Å². The molecule has 6 heteroatoms. The van der Waals surface area contributed by atoms with Crippen LogP contribution in [0, 0.1) is 6.92 Å². The smallest absolute Gasteiger partial charge is 0.274 e. The number of aryl methyl sites for hydroxylation is 2. The molecule has 1 aromatic rings. The fourth-order valence-electron chi connectivity index (χ4n) is 2.18. The standard InChI is InChI=1S/C11H18N4O2/c1-7-9(12)10(14(2)13-7)11(16)15-5-4-8(6-15)17-3/h8H,4-6,12H2,1-3H3. The van der Waals surface area contributed by atoms with E-state index in [1.54, 1.807) is 30.7 Å². The lowest BCUT2D eigenvalue weighted by molar-refractivity contribution is 0.0715. The number of rotatable bonds is 2. The zero-order valence-electron chi connectivity index (χ0n) is 10.4. The molecule has 0 aromatic carbocycles. The predicted molar refractivity (Wildman–Crippen MR) is 63.7 cm³/mol. The van der Waals surface area contributed by atoms with Gasteiger partial charge in [-0.2, -0.15) is 5.10 Å². The Morgan fingerprint density at radius 2 is 2.29 bits per heavy atom. The van der Waals surface area contributed by atoms with E-state index in [9.17, 15) is 4.79 Å². The largest absolute Gasteiger partial charge is 0.395 e. The van der Waals surface area contributed by atoms with Gasteiger partial charge in [-0.15, -0.1) is 0 Å². The van der Waals surface area contributed by atoms with Crippen molar-refractivity contribution >= 4 is 11.6 Å². The second-order valence-corrected chi connectivity index (χ2v) is 4.37. The quantitative estimate of drug-likeness (QED) is 0.797. The summed E-state index contributed by atoms with van der Waals surface area (Å²) in [5.74, 6) is -0.0647. The Hall–Kier alpha value is -1.56. The monoisotopic (exact) mass is 238 g/mol. The molecule has 0 spiro atoms. The number of hydrogen-bond acceptors (Lipinski definition) is 4. The number of carbonyl (C=O) groups excluding carboxylic acids is 1. The van der Waals surface area contributed by atoms with Crippen LogP contribution in [0.2, 0.25) is 0 Å². The molecule has 1 atom stereocenters. The normalized spacial score (nSPS) is 19.9. The van der Waals surface area contributed by atoms with Gasteiger partial charge < -0.3 is 15.4 Å². The van der Waals surface area contributed by atoms with E-state index in [0.717, 1.165) is 6.42 Å². The van der Waals surface area contributed by atoms with Gasteiger partial charge in [0, 0.05) is 27.2 Å². The molecular weight excluding hydrogens is 220 g/mol. The van der Waals surface area contributed by atoms with Crippen LogP contribution in [0.4, 0.5) is 5.69 Å². The molecule has 0 saturated carbocycles. The van der Waals surface area contributed by atoms with E-state index in [0.29, 0.717) is 30.2 Å². The number of carbonyl (C=O) groups is 1. The van der Waals surface area contributed by atoms with Gasteiger partial charge in [0.05, 0.1) is 17.5 Å². The number of hydrogen-bond donors (Lipinski definition) is 1. The molecule has 1 fully saturated rings. The van der Waals surface area contributed by atoms with Crippen LogP contribution in [-0.2, 0) is 11.8 Å². The van der Waals surface area contributed by atoms with Crippen LogP contribution in [-0.4, -0.2) is 46.9 Å². The summed E-state index contributed by atoms with van der Waals surface area (Å²) in [4.78, 5) is 14.1. The molecule has 1 unspecified atom stereocenters. The number of likely N-dealkylation sites (tertiary alicyclic amines) is 1. The highest BCUT2D eigenvalue weighted by atomic mass is 16.5. The molecular formula is C11H18N4O2. The van der Waals surface area contributed by atoms with Crippen molar-refractivity contribution in [2.45, 2.75) is 19.4 Å². The van der Waals surface area contributed by atoms with E-state index in [4.69, 9.17) is 10.5 Å². The van der Waals surface area contributed by atoms with Crippen LogP contribution in [0.15, 0.2) is 0 Å². The average Bonchev–Trinajstić information content (AvgIpc) is 2.85. The summed E-state index contributed by atoms with van der Waals surface area (Å²) in [6, 6.07) is 0. The molecule has 1 saturated heterocycles. The van der Waals surface area contributed by atoms with Gasteiger partial charge in [-0.05, 0) is 13.3 Å². The second-order valence-electron chi connectivity index (χ2n) is 4.37. The lowest BCUT2D eigenvalue weighted by Crippen LogP contribution is -2.32. The first-order valence-electron chi connectivity index (χ1n) is 5.65. The van der Waals surface area contributed by atoms with E-state index in [2.05, 4.69) is 5.10 Å². The Labute approximate surface area is 100 Å². The highest BCUT2D eigenvalue weighted by molar-refractivity contribution is 5.98. The van der Waals surface area contributed by atoms with Crippen LogP contribution in [0.5, 0.6) is 0 Å². The summed E-state index contributed by atoms with van der Waals surface area (Å²) < 4.78 is 6.79. The lowest BCUT2D eigenvalue weighted by atomic mass is 10.3. The molecule has 6 nitrogen and oxygen atoms in total. The summed E-state index contributed by atoms with van der Waals surface area (Å²) >= 11 is 0. The first-order chi connectivity index (χ1) is 8.04. The van der Waals surface area contributed by atoms with E-state index in [-0.39, 0.29) is 12.0 Å². The second kappa shape index (κ2) is 4.37. The first-order valence-corrected chi connectivity index (χ1v) is 5.65. The Morgan fingerprint density at radius 1 is 1.59 bits per heavy atom. The molecule has 1 aliphatic rings. The van der Waals surface area contributed by atoms with Gasteiger partial charge >= 0.3 is 0 Å². The van der Waals surface area contributed by atoms with Gasteiger partial charge in [-0.3, -0.25) is 9.48 Å². The van der Waals surface area contributed by atoms with E-state index in [1.165, 1.54) is 0 Å². The van der Waals surface area contributed by atoms with Crippen molar-refractivity contribution in [3.05, 3.63) is 11.4 Å². The third-order valence-corrected chi connectivity index (χ3v) is 3.24. The minimum absolute atomic E-state index is 0.0647. The van der Waals surface area contributed by atoms with Crippen molar-refractivity contribution in [2.75, 3.05) is 25.9 Å². The zero-order chi connectivity index (χ0) is 12.6. The Morgan fingerprint density at radius 3 is 2.76 bits per heavy atom. The summed E-state index contributed by atoms with van der Waals surface area (Å²) in [6.45, 7) is 3.13. The molecule has 0 aliphatic carbocycles. The Bertz CT molecular complexity index is 441. The molecule has 17 heavy (non-hydrogen) atoms. The van der Waals surface area contributed by atoms with Crippen molar-refractivity contribution < 1.29 is 9.53 Å². The van der Waals surface area contributed by atoms with Crippen molar-refractivity contribution in [3.63, 3.8) is 0 Å². The van der Waals surface area contributed by atoms with Gasteiger partial charge in [-0.1, -0.05) is 0 Å². The number of amides is 1. The zero-order valence-corrected chi connectivity index (χ0v) is 10.4. The molecule has 94 valence electrons. The van der Waals surface area contributed by atoms with Gasteiger partial charge in [0.2, 0.25) is 0 Å². The summed E-state index contributed by atoms with van der Waals surface area (Å²) in [6.07, 6.45) is 1.01. The lowest BCUT2D eigenvalue weighted by Gasteiger charge is -2.16. The fourth-order valence-corrected chi connectivity index (χ4v) is 2.18. The number of methoxy groups -OCH3 is 1. The number of nitrogen functional groups attached to an aromatic ring is 1. The minimum atomic E-state index is -0.0647. The van der Waals surface area contributed by atoms with E-state index >= 15 is 0 Å². The van der Waals surface area contributed by atoms with Gasteiger partial charge in [0.25, 0.3) is 5.91 Å². The number of ether oxygens (including phenoxy) is 1.